The van der Waals surface area contributed by atoms with Crippen LogP contribution in [0.25, 0.3) is 0 Å². The van der Waals surface area contributed by atoms with Crippen LogP contribution in [0.4, 0.5) is 38.3 Å². The lowest BCUT2D eigenvalue weighted by molar-refractivity contribution is -0.139. The van der Waals surface area contributed by atoms with Crippen LogP contribution >= 0.6 is 0 Å². The number of nitrogens with one attached hydrogen (secondary N) is 1. The monoisotopic (exact) mass is 638 g/mol. The zero-order valence-electron chi connectivity index (χ0n) is 25.2. The van der Waals surface area contributed by atoms with Gasteiger partial charge in [-0.15, -0.1) is 0 Å². The summed E-state index contributed by atoms with van der Waals surface area (Å²) in [4.78, 5) is 30.2. The van der Waals surface area contributed by atoms with Crippen molar-refractivity contribution in [2.24, 2.45) is 0 Å². The molecule has 0 bridgehead atoms. The number of nitriles is 1. The number of halogens is 5. The average Bonchev–Trinajstić information content (AvgIpc) is 3.34. The van der Waals surface area contributed by atoms with E-state index in [1.54, 1.807) is 20.8 Å². The van der Waals surface area contributed by atoms with Crippen molar-refractivity contribution in [1.82, 2.24) is 25.2 Å². The van der Waals surface area contributed by atoms with Gasteiger partial charge in [-0.05, 0) is 27.2 Å². The van der Waals surface area contributed by atoms with Crippen LogP contribution in [-0.2, 0) is 23.9 Å². The number of carbonyl (C=O) groups excluding carboxylic acids is 1. The van der Waals surface area contributed by atoms with Gasteiger partial charge in [0.2, 0.25) is 0 Å². The Kier molecular flexibility index (Phi) is 9.20. The summed E-state index contributed by atoms with van der Waals surface area (Å²) in [5.74, 6) is -0.953. The predicted octanol–water partition coefficient (Wildman–Crippen LogP) is 4.01. The molecule has 11 nitrogen and oxygen atoms in total. The molecule has 0 saturated carbocycles. The first-order valence-electron chi connectivity index (χ1n) is 14.7. The summed E-state index contributed by atoms with van der Waals surface area (Å²) in [5.41, 5.74) is -1.51. The average molecular weight is 639 g/mol. The number of rotatable bonds is 6. The van der Waals surface area contributed by atoms with Gasteiger partial charge in [0.05, 0.1) is 55.4 Å². The Balaban J connectivity index is 1.45. The van der Waals surface area contributed by atoms with Gasteiger partial charge >= 0.3 is 18.3 Å². The fourth-order valence-corrected chi connectivity index (χ4v) is 5.86. The zero-order valence-corrected chi connectivity index (χ0v) is 25.2. The number of nitrogens with zero attached hydrogens (tertiary/aromatic N) is 7. The first kappa shape index (κ1) is 32.4. The lowest BCUT2D eigenvalue weighted by Crippen LogP contribution is -2.51. The molecule has 1 N–H and O–H groups in total. The van der Waals surface area contributed by atoms with Gasteiger partial charge in [0.15, 0.2) is 5.82 Å². The molecule has 1 unspecified atom stereocenters. The highest BCUT2D eigenvalue weighted by Gasteiger charge is 2.41. The maximum Gasteiger partial charge on any atom is 0.421 e. The van der Waals surface area contributed by atoms with Gasteiger partial charge in [-0.3, -0.25) is 9.88 Å². The number of alkyl halides is 4. The fourth-order valence-electron chi connectivity index (χ4n) is 5.86. The van der Waals surface area contributed by atoms with Crippen molar-refractivity contribution >= 4 is 17.6 Å². The highest BCUT2D eigenvalue weighted by atomic mass is 19.4. The Morgan fingerprint density at radius 3 is 2.64 bits per heavy atom. The molecular weight excluding hydrogens is 603 g/mol. The van der Waals surface area contributed by atoms with Gasteiger partial charge in [0.1, 0.15) is 29.8 Å². The number of pyridine rings is 1. The van der Waals surface area contributed by atoms with Crippen LogP contribution in [0.5, 0.6) is 6.01 Å². The molecule has 16 heteroatoms. The molecule has 3 atom stereocenters. The summed E-state index contributed by atoms with van der Waals surface area (Å²) < 4.78 is 81.7. The molecule has 0 aromatic carbocycles. The highest BCUT2D eigenvalue weighted by molar-refractivity contribution is 5.69. The minimum absolute atomic E-state index is 0.0191. The molecular formula is C29H35F5N8O3. The van der Waals surface area contributed by atoms with Crippen molar-refractivity contribution < 1.29 is 36.2 Å². The van der Waals surface area contributed by atoms with E-state index < -0.39 is 47.2 Å². The Bertz CT molecular complexity index is 1450. The van der Waals surface area contributed by atoms with Crippen LogP contribution in [0.1, 0.15) is 50.4 Å². The fraction of sp³-hybridized carbons (Fsp3) is 0.621. The summed E-state index contributed by atoms with van der Waals surface area (Å²) in [7, 11) is 0. The topological polar surface area (TPSA) is 120 Å². The standard InChI is InChI=1S/C29H35F5N8O3/c1-28(2,3)45-27(43)42-13-17(30)10-19(42)16-44-26-38-22-15-40(23-12-36-11-21(31)24(23)29(32,33)34)8-5-20(22)25(39-26)41-9-7-37-18(14-41)4-6-35/h11-12,17-19,37H,4-5,7-10,13-16H2,1-3H3/t17-,18?,19+/m1/s1. The Hall–Kier alpha value is -4.00. The van der Waals surface area contributed by atoms with E-state index >= 15 is 0 Å². The molecule has 1 amide bonds. The number of fused-ring (bicyclic) bond motifs is 1. The smallest absolute Gasteiger partial charge is 0.421 e. The summed E-state index contributed by atoms with van der Waals surface area (Å²) in [6.07, 6.45) is -4.84. The molecule has 45 heavy (non-hydrogen) atoms. The third kappa shape index (κ3) is 7.46. The maximum absolute atomic E-state index is 14.4. The van der Waals surface area contributed by atoms with E-state index in [-0.39, 0.29) is 57.6 Å². The number of amides is 1. The largest absolute Gasteiger partial charge is 0.461 e. The van der Waals surface area contributed by atoms with Crippen molar-refractivity contribution in [1.29, 1.82) is 5.26 Å². The summed E-state index contributed by atoms with van der Waals surface area (Å²) in [5, 5.41) is 12.5. The van der Waals surface area contributed by atoms with Crippen molar-refractivity contribution in [3.8, 4) is 12.1 Å². The molecule has 0 radical (unpaired) electrons. The lowest BCUT2D eigenvalue weighted by Gasteiger charge is -2.37. The van der Waals surface area contributed by atoms with E-state index in [0.717, 1.165) is 6.20 Å². The maximum atomic E-state index is 14.4. The SMILES string of the molecule is CC(C)(C)OC(=O)N1C[C@H](F)C[C@H]1COc1nc2c(c(N3CCNC(CC#N)C3)n1)CCN(c1cncc(F)c1C(F)(F)F)C2. The van der Waals surface area contributed by atoms with Crippen molar-refractivity contribution in [2.75, 3.05) is 49.1 Å². The molecule has 2 fully saturated rings. The van der Waals surface area contributed by atoms with E-state index in [1.165, 1.54) is 9.80 Å². The number of ether oxygens (including phenoxy) is 2. The number of aromatic nitrogens is 3. The number of likely N-dealkylation sites (tertiary alicyclic amines) is 1. The van der Waals surface area contributed by atoms with Gasteiger partial charge < -0.3 is 24.6 Å². The normalized spacial score (nSPS) is 22.2. The Morgan fingerprint density at radius 2 is 1.93 bits per heavy atom. The van der Waals surface area contributed by atoms with Crippen LogP contribution in [0.15, 0.2) is 12.4 Å². The third-order valence-electron chi connectivity index (χ3n) is 7.82. The molecule has 3 aliphatic heterocycles. The second kappa shape index (κ2) is 12.8. The number of hydrogen-bond acceptors (Lipinski definition) is 10. The summed E-state index contributed by atoms with van der Waals surface area (Å²) in [6.45, 7) is 6.40. The van der Waals surface area contributed by atoms with Crippen LogP contribution in [0, 0.1) is 17.1 Å². The Labute approximate surface area is 257 Å². The second-order valence-electron chi connectivity index (χ2n) is 12.3. The van der Waals surface area contributed by atoms with Gasteiger partial charge in [-0.2, -0.15) is 28.4 Å². The lowest BCUT2D eigenvalue weighted by atomic mass is 10.0. The van der Waals surface area contributed by atoms with Crippen LogP contribution < -0.4 is 19.9 Å². The van der Waals surface area contributed by atoms with Crippen molar-refractivity contribution in [3.63, 3.8) is 0 Å². The minimum Gasteiger partial charge on any atom is -0.461 e. The summed E-state index contributed by atoms with van der Waals surface area (Å²) >= 11 is 0. The molecule has 0 spiro atoms. The van der Waals surface area contributed by atoms with E-state index in [9.17, 15) is 32.0 Å². The third-order valence-corrected chi connectivity index (χ3v) is 7.82. The summed E-state index contributed by atoms with van der Waals surface area (Å²) in [6, 6.07) is 1.26. The molecule has 244 valence electrons. The van der Waals surface area contributed by atoms with Gasteiger partial charge in [-0.1, -0.05) is 0 Å². The van der Waals surface area contributed by atoms with Gasteiger partial charge in [-0.25, -0.2) is 13.6 Å². The first-order valence-corrected chi connectivity index (χ1v) is 14.7. The van der Waals surface area contributed by atoms with Gasteiger partial charge in [0, 0.05) is 44.2 Å². The number of anilines is 2. The highest BCUT2D eigenvalue weighted by Crippen LogP contribution is 2.40. The van der Waals surface area contributed by atoms with Crippen LogP contribution in [-0.4, -0.2) is 89.1 Å². The molecule has 2 aromatic heterocycles. The van der Waals surface area contributed by atoms with Crippen molar-refractivity contribution in [2.45, 2.75) is 76.6 Å². The van der Waals surface area contributed by atoms with E-state index in [2.05, 4.69) is 26.3 Å². The van der Waals surface area contributed by atoms with Crippen molar-refractivity contribution in [3.05, 3.63) is 35.0 Å². The molecule has 0 aliphatic carbocycles. The molecule has 5 heterocycles. The van der Waals surface area contributed by atoms with Gasteiger partial charge in [0.25, 0.3) is 0 Å². The zero-order chi connectivity index (χ0) is 32.5. The number of carbonyl (C=O) groups is 1. The quantitative estimate of drug-likeness (QED) is 0.465. The molecule has 2 saturated heterocycles. The first-order chi connectivity index (χ1) is 21.2. The minimum atomic E-state index is -4.94. The predicted molar refractivity (Wildman–Crippen MR) is 152 cm³/mol. The van der Waals surface area contributed by atoms with E-state index in [1.807, 2.05) is 4.90 Å². The van der Waals surface area contributed by atoms with E-state index in [4.69, 9.17) is 9.47 Å². The second-order valence-corrected chi connectivity index (χ2v) is 12.3. The van der Waals surface area contributed by atoms with E-state index in [0.29, 0.717) is 42.9 Å². The molecule has 5 rings (SSSR count). The number of hydrogen-bond donors (Lipinski definition) is 1. The molecule has 3 aliphatic rings. The number of piperazine rings is 1. The molecule has 2 aromatic rings. The van der Waals surface area contributed by atoms with Crippen LogP contribution in [0.3, 0.4) is 0 Å². The Morgan fingerprint density at radius 1 is 1.16 bits per heavy atom. The van der Waals surface area contributed by atoms with Crippen LogP contribution in [0.2, 0.25) is 0 Å².